The number of Topliss-reactive ketones (excluding diaryl/α,β-unsaturated/α-hetero) is 1. The average molecular weight is 349 g/mol. The molecule has 5 aliphatic rings. The van der Waals surface area contributed by atoms with Gasteiger partial charge in [-0.1, -0.05) is 40.5 Å². The number of hydrogen-bond acceptors (Lipinski definition) is 1. The molecule has 0 aliphatic heterocycles. The zero-order valence-electron chi connectivity index (χ0n) is 17.2. The van der Waals surface area contributed by atoms with Gasteiger partial charge in [0.25, 0.3) is 0 Å². The lowest BCUT2D eigenvalue weighted by molar-refractivity contribution is -0.127. The normalized spacial score (nSPS) is 54.7. The van der Waals surface area contributed by atoms with Crippen LogP contribution in [0.1, 0.15) is 92.4 Å². The molecule has 0 amide bonds. The van der Waals surface area contributed by atoms with E-state index in [0.29, 0.717) is 22.5 Å². The number of ketones is 1. The second kappa shape index (κ2) is 6.08. The van der Waals surface area contributed by atoms with Gasteiger partial charge >= 0.3 is 0 Å². The molecule has 5 rings (SSSR count). The van der Waals surface area contributed by atoms with Crippen LogP contribution in [0.2, 0.25) is 0 Å². The molecular formula is C23H40O2. The second-order valence-electron chi connectivity index (χ2n) is 10.2. The Bertz CT molecular complexity index is 542. The second-order valence-corrected chi connectivity index (χ2v) is 10.2. The minimum atomic E-state index is 0. The molecule has 144 valence electrons. The molecule has 0 radical (unpaired) electrons. The van der Waals surface area contributed by atoms with Gasteiger partial charge in [0.15, 0.2) is 0 Å². The summed E-state index contributed by atoms with van der Waals surface area (Å²) in [5, 5.41) is 0. The van der Waals surface area contributed by atoms with Gasteiger partial charge in [0.2, 0.25) is 0 Å². The van der Waals surface area contributed by atoms with Crippen LogP contribution in [-0.4, -0.2) is 11.3 Å². The Morgan fingerprint density at radius 3 is 2.24 bits per heavy atom. The van der Waals surface area contributed by atoms with Gasteiger partial charge in [-0.2, -0.15) is 0 Å². The summed E-state index contributed by atoms with van der Waals surface area (Å²) in [6, 6.07) is 0. The van der Waals surface area contributed by atoms with Crippen LogP contribution in [0.25, 0.3) is 0 Å². The van der Waals surface area contributed by atoms with E-state index in [2.05, 4.69) is 13.8 Å². The third-order valence-corrected chi connectivity index (χ3v) is 9.95. The predicted molar refractivity (Wildman–Crippen MR) is 103 cm³/mol. The van der Waals surface area contributed by atoms with Crippen molar-refractivity contribution in [3.05, 3.63) is 0 Å². The molecule has 5 saturated carbocycles. The summed E-state index contributed by atoms with van der Waals surface area (Å²) in [7, 11) is 0. The molecular weight excluding hydrogens is 308 g/mol. The minimum Gasteiger partial charge on any atom is -0.412 e. The first kappa shape index (κ1) is 19.4. The highest BCUT2D eigenvalue weighted by atomic mass is 16.1. The van der Waals surface area contributed by atoms with E-state index in [9.17, 15) is 4.79 Å². The third-order valence-electron chi connectivity index (χ3n) is 9.95. The summed E-state index contributed by atoms with van der Waals surface area (Å²) in [4.78, 5) is 12.2. The minimum absolute atomic E-state index is 0. The Labute approximate surface area is 154 Å². The fraction of sp³-hybridized carbons (Fsp3) is 0.957. The van der Waals surface area contributed by atoms with Gasteiger partial charge in [-0.3, -0.25) is 4.79 Å². The van der Waals surface area contributed by atoms with E-state index in [0.717, 1.165) is 29.1 Å². The van der Waals surface area contributed by atoms with Gasteiger partial charge in [-0.15, -0.1) is 0 Å². The van der Waals surface area contributed by atoms with E-state index in [1.54, 1.807) is 6.42 Å². The van der Waals surface area contributed by atoms with Crippen LogP contribution < -0.4 is 0 Å². The lowest BCUT2D eigenvalue weighted by Gasteiger charge is -2.52. The topological polar surface area (TPSA) is 48.6 Å². The lowest BCUT2D eigenvalue weighted by Crippen LogP contribution is -2.46. The maximum Gasteiger partial charge on any atom is 0.133 e. The number of carbonyl (C=O) groups is 1. The fourth-order valence-corrected chi connectivity index (χ4v) is 8.97. The van der Waals surface area contributed by atoms with Crippen molar-refractivity contribution in [3.63, 3.8) is 0 Å². The number of hydrogen-bond donors (Lipinski definition) is 0. The van der Waals surface area contributed by atoms with Crippen LogP contribution in [0.5, 0.6) is 0 Å². The predicted octanol–water partition coefficient (Wildman–Crippen LogP) is 5.44. The third kappa shape index (κ3) is 2.15. The molecule has 25 heavy (non-hydrogen) atoms. The average Bonchev–Trinajstić information content (AvgIpc) is 3.09. The quantitative estimate of drug-likeness (QED) is 0.623. The SMILES string of the molecule is CC.CC(=O)[C@H]1CCC2[C@@H]3C4CC45CCCC[C@]5(C)C3CC[C@@]21C.O. The van der Waals surface area contributed by atoms with E-state index in [1.165, 1.54) is 51.4 Å². The largest absolute Gasteiger partial charge is 0.412 e. The molecule has 0 aromatic rings. The lowest BCUT2D eigenvalue weighted by atomic mass is 9.52. The molecule has 2 N–H and O–H groups in total. The van der Waals surface area contributed by atoms with Gasteiger partial charge in [0.1, 0.15) is 5.78 Å². The van der Waals surface area contributed by atoms with Crippen molar-refractivity contribution in [2.45, 2.75) is 92.4 Å². The Morgan fingerprint density at radius 1 is 0.880 bits per heavy atom. The maximum atomic E-state index is 12.2. The molecule has 0 heterocycles. The summed E-state index contributed by atoms with van der Waals surface area (Å²) >= 11 is 0. The molecule has 1 spiro atoms. The first-order valence-electron chi connectivity index (χ1n) is 10.9. The Hall–Kier alpha value is -0.370. The standard InChI is InChI=1S/C21H32O.C2H6.H2O/c1-13(22)14-6-7-15-18-16(8-11-19(14,15)2)20(3)9-4-5-10-21(20)12-17(18)21;1-2;/h14-18H,4-12H2,1-3H3;1-2H3;1H2/t14-,15?,16?,17?,18+,19-,20-,21?;;/m1../s1. The molecule has 0 aromatic carbocycles. The summed E-state index contributed by atoms with van der Waals surface area (Å²) < 4.78 is 0. The molecule has 8 atom stereocenters. The Morgan fingerprint density at radius 2 is 1.56 bits per heavy atom. The molecule has 5 aliphatic carbocycles. The van der Waals surface area contributed by atoms with Crippen LogP contribution in [0, 0.1) is 45.8 Å². The van der Waals surface area contributed by atoms with Gasteiger partial charge in [-0.05, 0) is 91.8 Å². The fourth-order valence-electron chi connectivity index (χ4n) is 8.97. The Kier molecular flexibility index (Phi) is 4.71. The zero-order chi connectivity index (χ0) is 17.3. The number of fused-ring (bicyclic) bond motifs is 5. The van der Waals surface area contributed by atoms with E-state index in [1.807, 2.05) is 20.8 Å². The van der Waals surface area contributed by atoms with Crippen LogP contribution in [0.15, 0.2) is 0 Å². The molecule has 4 unspecified atom stereocenters. The highest BCUT2D eigenvalue weighted by molar-refractivity contribution is 5.79. The highest BCUT2D eigenvalue weighted by Gasteiger charge is 2.78. The maximum absolute atomic E-state index is 12.2. The van der Waals surface area contributed by atoms with Crippen LogP contribution in [-0.2, 0) is 4.79 Å². The summed E-state index contributed by atoms with van der Waals surface area (Å²) in [5.74, 6) is 4.74. The van der Waals surface area contributed by atoms with Crippen molar-refractivity contribution < 1.29 is 10.3 Å². The van der Waals surface area contributed by atoms with Crippen LogP contribution in [0.3, 0.4) is 0 Å². The van der Waals surface area contributed by atoms with E-state index in [-0.39, 0.29) is 5.48 Å². The molecule has 0 aromatic heterocycles. The van der Waals surface area contributed by atoms with Crippen molar-refractivity contribution in [1.29, 1.82) is 0 Å². The smallest absolute Gasteiger partial charge is 0.133 e. The van der Waals surface area contributed by atoms with Gasteiger partial charge in [0.05, 0.1) is 0 Å². The number of carbonyl (C=O) groups excluding carboxylic acids is 1. The molecule has 0 bridgehead atoms. The van der Waals surface area contributed by atoms with Crippen LogP contribution >= 0.6 is 0 Å². The van der Waals surface area contributed by atoms with Crippen molar-refractivity contribution in [2.24, 2.45) is 45.8 Å². The monoisotopic (exact) mass is 348 g/mol. The summed E-state index contributed by atoms with van der Waals surface area (Å²) in [6.07, 6.45) is 12.8. The summed E-state index contributed by atoms with van der Waals surface area (Å²) in [6.45, 7) is 11.0. The highest BCUT2D eigenvalue weighted by Crippen LogP contribution is 2.85. The first-order chi connectivity index (χ1) is 11.4. The number of rotatable bonds is 1. The van der Waals surface area contributed by atoms with E-state index in [4.69, 9.17) is 0 Å². The van der Waals surface area contributed by atoms with E-state index < -0.39 is 0 Å². The van der Waals surface area contributed by atoms with Crippen molar-refractivity contribution in [2.75, 3.05) is 0 Å². The molecule has 5 fully saturated rings. The van der Waals surface area contributed by atoms with Crippen molar-refractivity contribution in [3.8, 4) is 0 Å². The van der Waals surface area contributed by atoms with Gasteiger partial charge in [0, 0.05) is 5.92 Å². The first-order valence-corrected chi connectivity index (χ1v) is 10.9. The molecule has 2 heteroatoms. The van der Waals surface area contributed by atoms with Crippen LogP contribution in [0.4, 0.5) is 0 Å². The zero-order valence-corrected chi connectivity index (χ0v) is 17.2. The van der Waals surface area contributed by atoms with E-state index >= 15 is 0 Å². The Balaban J connectivity index is 0.000000588. The van der Waals surface area contributed by atoms with Crippen molar-refractivity contribution in [1.82, 2.24) is 0 Å². The molecule has 0 saturated heterocycles. The van der Waals surface area contributed by atoms with Gasteiger partial charge in [-0.25, -0.2) is 0 Å². The summed E-state index contributed by atoms with van der Waals surface area (Å²) in [5.41, 5.74) is 1.76. The molecule has 2 nitrogen and oxygen atoms in total. The van der Waals surface area contributed by atoms with Gasteiger partial charge < -0.3 is 5.48 Å². The van der Waals surface area contributed by atoms with Crippen molar-refractivity contribution >= 4 is 5.78 Å².